The second-order valence-corrected chi connectivity index (χ2v) is 7.95. The summed E-state index contributed by atoms with van der Waals surface area (Å²) in [5.74, 6) is -1.37. The minimum absolute atomic E-state index is 0.0541. The molecule has 0 bridgehead atoms. The summed E-state index contributed by atoms with van der Waals surface area (Å²) in [5, 5.41) is 11.9. The molecule has 0 aromatic heterocycles. The van der Waals surface area contributed by atoms with Gasteiger partial charge < -0.3 is 15.3 Å². The zero-order valence-electron chi connectivity index (χ0n) is 14.5. The molecule has 1 aliphatic heterocycles. The van der Waals surface area contributed by atoms with Gasteiger partial charge in [-0.1, -0.05) is 27.7 Å². The number of likely N-dealkylation sites (tertiary alicyclic amines) is 1. The van der Waals surface area contributed by atoms with Gasteiger partial charge in [-0.3, -0.25) is 0 Å². The van der Waals surface area contributed by atoms with E-state index in [2.05, 4.69) is 5.32 Å². The molecule has 2 amide bonds. The van der Waals surface area contributed by atoms with E-state index in [4.69, 9.17) is 5.11 Å². The first kappa shape index (κ1) is 20.1. The van der Waals surface area contributed by atoms with Crippen LogP contribution >= 0.6 is 0 Å². The van der Waals surface area contributed by atoms with Gasteiger partial charge in [-0.15, -0.1) is 0 Å². The molecule has 0 unspecified atom stereocenters. The number of carbonyl (C=O) groups excluding carboxylic acids is 1. The van der Waals surface area contributed by atoms with E-state index in [0.29, 0.717) is 6.54 Å². The standard InChI is InChI=1S/C16H29F3N2O2/c1-14(2,11-22)7-5-8-20-13(23)21-9-6-12(16(17,18)19)15(3,4)10-21/h12,22H,5-11H2,1-4H3,(H,20,23)/t12-/m1/s1. The molecule has 1 fully saturated rings. The highest BCUT2D eigenvalue weighted by atomic mass is 19.4. The summed E-state index contributed by atoms with van der Waals surface area (Å²) in [7, 11) is 0. The predicted molar refractivity (Wildman–Crippen MR) is 83.0 cm³/mol. The lowest BCUT2D eigenvalue weighted by atomic mass is 9.73. The Morgan fingerprint density at radius 1 is 1.35 bits per heavy atom. The number of piperidine rings is 1. The van der Waals surface area contributed by atoms with E-state index in [9.17, 15) is 18.0 Å². The molecule has 2 N–H and O–H groups in total. The van der Waals surface area contributed by atoms with Crippen LogP contribution in [0, 0.1) is 16.7 Å². The Labute approximate surface area is 136 Å². The highest BCUT2D eigenvalue weighted by Crippen LogP contribution is 2.44. The Kier molecular flexibility index (Phi) is 6.35. The highest BCUT2D eigenvalue weighted by molar-refractivity contribution is 5.74. The number of amides is 2. The van der Waals surface area contributed by atoms with Crippen molar-refractivity contribution in [3.05, 3.63) is 0 Å². The summed E-state index contributed by atoms with van der Waals surface area (Å²) < 4.78 is 39.1. The molecule has 0 aromatic carbocycles. The number of nitrogens with zero attached hydrogens (tertiary/aromatic N) is 1. The predicted octanol–water partition coefficient (Wildman–Crippen LogP) is 3.41. The van der Waals surface area contributed by atoms with Crippen LogP contribution in [0.5, 0.6) is 0 Å². The van der Waals surface area contributed by atoms with E-state index < -0.39 is 17.5 Å². The van der Waals surface area contributed by atoms with Crippen molar-refractivity contribution in [1.29, 1.82) is 0 Å². The van der Waals surface area contributed by atoms with Crippen molar-refractivity contribution < 1.29 is 23.1 Å². The van der Waals surface area contributed by atoms with Crippen LogP contribution in [0.4, 0.5) is 18.0 Å². The number of nitrogens with one attached hydrogen (secondary N) is 1. The first-order chi connectivity index (χ1) is 10.4. The van der Waals surface area contributed by atoms with E-state index in [1.165, 1.54) is 4.90 Å². The van der Waals surface area contributed by atoms with Gasteiger partial charge in [0.15, 0.2) is 0 Å². The molecule has 23 heavy (non-hydrogen) atoms. The first-order valence-electron chi connectivity index (χ1n) is 8.09. The number of aliphatic hydroxyl groups excluding tert-OH is 1. The number of urea groups is 1. The molecule has 1 rings (SSSR count). The van der Waals surface area contributed by atoms with Gasteiger partial charge >= 0.3 is 12.2 Å². The second-order valence-electron chi connectivity index (χ2n) is 7.95. The Hall–Kier alpha value is -0.980. The van der Waals surface area contributed by atoms with Crippen LogP contribution < -0.4 is 5.32 Å². The van der Waals surface area contributed by atoms with Crippen LogP contribution in [0.15, 0.2) is 0 Å². The Bertz CT molecular complexity index is 409. The van der Waals surface area contributed by atoms with E-state index in [0.717, 1.165) is 12.8 Å². The van der Waals surface area contributed by atoms with Crippen LogP contribution in [0.2, 0.25) is 0 Å². The second kappa shape index (κ2) is 7.28. The normalized spacial score (nSPS) is 22.1. The van der Waals surface area contributed by atoms with Gasteiger partial charge in [0.25, 0.3) is 0 Å². The van der Waals surface area contributed by atoms with Crippen molar-refractivity contribution in [3.8, 4) is 0 Å². The van der Waals surface area contributed by atoms with Gasteiger partial charge in [-0.25, -0.2) is 4.79 Å². The number of alkyl halides is 3. The van der Waals surface area contributed by atoms with Crippen LogP contribution in [0.25, 0.3) is 0 Å². The molecule has 0 aromatic rings. The van der Waals surface area contributed by atoms with Crippen molar-refractivity contribution in [2.75, 3.05) is 26.2 Å². The molecule has 0 saturated carbocycles. The van der Waals surface area contributed by atoms with Gasteiger partial charge in [0.05, 0.1) is 5.92 Å². The SMILES string of the molecule is CC(C)(CO)CCCNC(=O)N1CC[C@@H](C(F)(F)F)C(C)(C)C1. The van der Waals surface area contributed by atoms with Gasteiger partial charge in [0, 0.05) is 26.2 Å². The average molecular weight is 338 g/mol. The molecular formula is C16H29F3N2O2. The Balaban J connectivity index is 2.45. The van der Waals surface area contributed by atoms with Crippen LogP contribution in [-0.4, -0.2) is 48.5 Å². The lowest BCUT2D eigenvalue weighted by Gasteiger charge is -2.44. The zero-order valence-corrected chi connectivity index (χ0v) is 14.5. The van der Waals surface area contributed by atoms with Crippen molar-refractivity contribution in [1.82, 2.24) is 10.2 Å². The van der Waals surface area contributed by atoms with Gasteiger partial charge in [-0.05, 0) is 30.1 Å². The maximum Gasteiger partial charge on any atom is 0.392 e. The summed E-state index contributed by atoms with van der Waals surface area (Å²) in [5.41, 5.74) is -1.16. The third-order valence-corrected chi connectivity index (χ3v) is 4.65. The summed E-state index contributed by atoms with van der Waals surface area (Å²) >= 11 is 0. The lowest BCUT2D eigenvalue weighted by molar-refractivity contribution is -0.214. The molecule has 1 saturated heterocycles. The molecule has 0 spiro atoms. The summed E-state index contributed by atoms with van der Waals surface area (Å²) in [6.07, 6.45) is -2.78. The maximum absolute atomic E-state index is 13.0. The molecular weight excluding hydrogens is 309 g/mol. The largest absolute Gasteiger partial charge is 0.396 e. The van der Waals surface area contributed by atoms with Crippen LogP contribution in [0.3, 0.4) is 0 Å². The van der Waals surface area contributed by atoms with Crippen LogP contribution in [-0.2, 0) is 0 Å². The van der Waals surface area contributed by atoms with Crippen molar-refractivity contribution in [2.45, 2.75) is 53.1 Å². The van der Waals surface area contributed by atoms with E-state index in [1.807, 2.05) is 13.8 Å². The van der Waals surface area contributed by atoms with Crippen LogP contribution in [0.1, 0.15) is 47.0 Å². The number of rotatable bonds is 5. The minimum atomic E-state index is -4.22. The van der Waals surface area contributed by atoms with E-state index in [-0.39, 0.29) is 37.6 Å². The van der Waals surface area contributed by atoms with E-state index >= 15 is 0 Å². The Morgan fingerprint density at radius 2 is 1.96 bits per heavy atom. The summed E-state index contributed by atoms with van der Waals surface area (Å²) in [4.78, 5) is 13.6. The third kappa shape index (κ3) is 5.86. The number of hydrogen-bond donors (Lipinski definition) is 2. The Morgan fingerprint density at radius 3 is 2.43 bits per heavy atom. The average Bonchev–Trinajstić information content (AvgIpc) is 2.40. The summed E-state index contributed by atoms with van der Waals surface area (Å²) in [6.45, 7) is 7.79. The molecule has 0 radical (unpaired) electrons. The smallest absolute Gasteiger partial charge is 0.392 e. The highest BCUT2D eigenvalue weighted by Gasteiger charge is 2.51. The van der Waals surface area contributed by atoms with Crippen molar-refractivity contribution in [2.24, 2.45) is 16.7 Å². The van der Waals surface area contributed by atoms with Crippen molar-refractivity contribution >= 4 is 6.03 Å². The molecule has 136 valence electrons. The number of halogens is 3. The van der Waals surface area contributed by atoms with Gasteiger partial charge in [0.1, 0.15) is 0 Å². The lowest BCUT2D eigenvalue weighted by Crippen LogP contribution is -2.54. The number of hydrogen-bond acceptors (Lipinski definition) is 2. The molecule has 1 heterocycles. The molecule has 1 aliphatic rings. The zero-order chi connectivity index (χ0) is 17.9. The molecule has 7 heteroatoms. The van der Waals surface area contributed by atoms with Gasteiger partial charge in [-0.2, -0.15) is 13.2 Å². The van der Waals surface area contributed by atoms with E-state index in [1.54, 1.807) is 13.8 Å². The topological polar surface area (TPSA) is 52.6 Å². The summed E-state index contributed by atoms with van der Waals surface area (Å²) in [6, 6.07) is -0.305. The number of aliphatic hydroxyl groups is 1. The molecule has 1 atom stereocenters. The maximum atomic E-state index is 13.0. The minimum Gasteiger partial charge on any atom is -0.396 e. The molecule has 4 nitrogen and oxygen atoms in total. The monoisotopic (exact) mass is 338 g/mol. The fourth-order valence-electron chi connectivity index (χ4n) is 3.09. The number of carbonyl (C=O) groups is 1. The van der Waals surface area contributed by atoms with Gasteiger partial charge in [0.2, 0.25) is 0 Å². The quantitative estimate of drug-likeness (QED) is 0.755. The first-order valence-corrected chi connectivity index (χ1v) is 8.09. The fraction of sp³-hybridized carbons (Fsp3) is 0.938. The molecule has 0 aliphatic carbocycles. The van der Waals surface area contributed by atoms with Crippen molar-refractivity contribution in [3.63, 3.8) is 0 Å². The third-order valence-electron chi connectivity index (χ3n) is 4.65. The fourth-order valence-corrected chi connectivity index (χ4v) is 3.09.